The van der Waals surface area contributed by atoms with Gasteiger partial charge in [0, 0.05) is 19.8 Å². The van der Waals surface area contributed by atoms with Crippen LogP contribution < -0.4 is 9.47 Å². The Kier molecular flexibility index (Phi) is 6.27. The van der Waals surface area contributed by atoms with Gasteiger partial charge in [-0.25, -0.2) is 4.79 Å². The molecule has 0 saturated carbocycles. The standard InChI is InChI=1S/C14H20O6/c1-5-10-11(19-7-17-3)6-9(2)12(14(15)16)13(10)20-8-18-4/h6H,5,7-8H2,1-4H3,(H,15,16). The van der Waals surface area contributed by atoms with Gasteiger partial charge in [0.05, 0.1) is 0 Å². The third-order valence-electron chi connectivity index (χ3n) is 2.76. The van der Waals surface area contributed by atoms with Gasteiger partial charge in [-0.3, -0.25) is 0 Å². The Morgan fingerprint density at radius 1 is 1.20 bits per heavy atom. The monoisotopic (exact) mass is 284 g/mol. The number of ether oxygens (including phenoxy) is 4. The number of benzene rings is 1. The van der Waals surface area contributed by atoms with E-state index >= 15 is 0 Å². The molecule has 0 aromatic heterocycles. The molecule has 0 amide bonds. The zero-order valence-electron chi connectivity index (χ0n) is 12.2. The molecule has 0 bridgehead atoms. The summed E-state index contributed by atoms with van der Waals surface area (Å²) in [6, 6.07) is 1.68. The zero-order valence-corrected chi connectivity index (χ0v) is 12.2. The maximum atomic E-state index is 11.4. The van der Waals surface area contributed by atoms with Crippen LogP contribution in [0.4, 0.5) is 0 Å². The van der Waals surface area contributed by atoms with Gasteiger partial charge >= 0.3 is 5.97 Å². The van der Waals surface area contributed by atoms with Crippen LogP contribution in [0.3, 0.4) is 0 Å². The maximum Gasteiger partial charge on any atom is 0.339 e. The molecule has 0 saturated heterocycles. The molecule has 0 aliphatic heterocycles. The minimum Gasteiger partial charge on any atom is -0.478 e. The van der Waals surface area contributed by atoms with Crippen molar-refractivity contribution in [1.29, 1.82) is 0 Å². The lowest BCUT2D eigenvalue weighted by molar-refractivity contribution is 0.0431. The predicted octanol–water partition coefficient (Wildman–Crippen LogP) is 2.22. The van der Waals surface area contributed by atoms with Gasteiger partial charge in [-0.2, -0.15) is 0 Å². The van der Waals surface area contributed by atoms with Gasteiger partial charge in [0.2, 0.25) is 0 Å². The smallest absolute Gasteiger partial charge is 0.339 e. The van der Waals surface area contributed by atoms with E-state index in [2.05, 4.69) is 0 Å². The van der Waals surface area contributed by atoms with E-state index in [4.69, 9.17) is 18.9 Å². The van der Waals surface area contributed by atoms with Crippen LogP contribution in [0.1, 0.15) is 28.4 Å². The number of carboxylic acid groups (broad SMARTS) is 1. The Morgan fingerprint density at radius 3 is 2.30 bits per heavy atom. The van der Waals surface area contributed by atoms with Crippen molar-refractivity contribution in [3.63, 3.8) is 0 Å². The van der Waals surface area contributed by atoms with E-state index in [0.29, 0.717) is 23.3 Å². The number of aryl methyl sites for hydroxylation is 1. The molecule has 0 aliphatic rings. The summed E-state index contributed by atoms with van der Waals surface area (Å²) < 4.78 is 20.7. The Hall–Kier alpha value is -1.79. The van der Waals surface area contributed by atoms with Gasteiger partial charge in [0.1, 0.15) is 17.1 Å². The molecule has 0 atom stereocenters. The van der Waals surface area contributed by atoms with E-state index in [9.17, 15) is 9.90 Å². The number of aromatic carboxylic acids is 1. The van der Waals surface area contributed by atoms with E-state index in [1.165, 1.54) is 14.2 Å². The van der Waals surface area contributed by atoms with E-state index in [1.807, 2.05) is 6.92 Å². The quantitative estimate of drug-likeness (QED) is 0.738. The van der Waals surface area contributed by atoms with Crippen molar-refractivity contribution in [2.45, 2.75) is 20.3 Å². The third kappa shape index (κ3) is 3.61. The third-order valence-corrected chi connectivity index (χ3v) is 2.76. The Morgan fingerprint density at radius 2 is 1.80 bits per heavy atom. The van der Waals surface area contributed by atoms with Gasteiger partial charge < -0.3 is 24.1 Å². The summed E-state index contributed by atoms with van der Waals surface area (Å²) in [7, 11) is 3.00. The molecule has 0 unspecified atom stereocenters. The fourth-order valence-corrected chi connectivity index (χ4v) is 1.93. The van der Waals surface area contributed by atoms with Crippen LogP contribution >= 0.6 is 0 Å². The van der Waals surface area contributed by atoms with Gasteiger partial charge in [0.15, 0.2) is 13.6 Å². The van der Waals surface area contributed by atoms with Crippen molar-refractivity contribution in [3.05, 3.63) is 22.8 Å². The summed E-state index contributed by atoms with van der Waals surface area (Å²) >= 11 is 0. The summed E-state index contributed by atoms with van der Waals surface area (Å²) in [6.45, 7) is 3.65. The molecule has 1 N–H and O–H groups in total. The number of methoxy groups -OCH3 is 2. The summed E-state index contributed by atoms with van der Waals surface area (Å²) in [5.41, 5.74) is 1.37. The molecule has 112 valence electrons. The number of hydrogen-bond acceptors (Lipinski definition) is 5. The molecular formula is C14H20O6. The van der Waals surface area contributed by atoms with E-state index in [0.717, 1.165) is 0 Å². The fraction of sp³-hybridized carbons (Fsp3) is 0.500. The zero-order chi connectivity index (χ0) is 15.1. The summed E-state index contributed by atoms with van der Waals surface area (Å²) in [6.07, 6.45) is 0.568. The highest BCUT2D eigenvalue weighted by Gasteiger charge is 2.22. The highest BCUT2D eigenvalue weighted by molar-refractivity contribution is 5.93. The van der Waals surface area contributed by atoms with Crippen LogP contribution in [0.25, 0.3) is 0 Å². The van der Waals surface area contributed by atoms with Gasteiger partial charge in [0.25, 0.3) is 0 Å². The Bertz CT molecular complexity index is 469. The molecule has 6 heteroatoms. The summed E-state index contributed by atoms with van der Waals surface area (Å²) in [5.74, 6) is -0.197. The van der Waals surface area contributed by atoms with E-state index in [-0.39, 0.29) is 24.9 Å². The molecule has 1 aromatic carbocycles. The van der Waals surface area contributed by atoms with Crippen LogP contribution in [0.15, 0.2) is 6.07 Å². The normalized spacial score (nSPS) is 10.4. The van der Waals surface area contributed by atoms with Crippen molar-refractivity contribution in [1.82, 2.24) is 0 Å². The molecule has 0 radical (unpaired) electrons. The minimum absolute atomic E-state index is 0.0273. The van der Waals surface area contributed by atoms with Gasteiger partial charge in [-0.05, 0) is 25.0 Å². The molecule has 0 aliphatic carbocycles. The molecule has 0 spiro atoms. The van der Waals surface area contributed by atoms with E-state index < -0.39 is 5.97 Å². The van der Waals surface area contributed by atoms with Crippen molar-refractivity contribution >= 4 is 5.97 Å². The average molecular weight is 284 g/mol. The number of hydrogen-bond donors (Lipinski definition) is 1. The van der Waals surface area contributed by atoms with Gasteiger partial charge in [-0.1, -0.05) is 6.92 Å². The minimum atomic E-state index is -1.04. The Labute approximate surface area is 118 Å². The first kappa shape index (κ1) is 16.3. The van der Waals surface area contributed by atoms with Crippen LogP contribution in [0, 0.1) is 6.92 Å². The number of carboxylic acids is 1. The molecule has 6 nitrogen and oxygen atoms in total. The lowest BCUT2D eigenvalue weighted by Gasteiger charge is -2.18. The van der Waals surface area contributed by atoms with Gasteiger partial charge in [-0.15, -0.1) is 0 Å². The first-order chi connectivity index (χ1) is 9.56. The largest absolute Gasteiger partial charge is 0.478 e. The molecule has 0 fully saturated rings. The number of carbonyl (C=O) groups is 1. The van der Waals surface area contributed by atoms with Crippen LogP contribution in [-0.2, 0) is 15.9 Å². The van der Waals surface area contributed by atoms with Crippen molar-refractivity contribution in [2.24, 2.45) is 0 Å². The number of rotatable bonds is 8. The first-order valence-corrected chi connectivity index (χ1v) is 6.20. The average Bonchev–Trinajstić information content (AvgIpc) is 2.41. The molecule has 0 heterocycles. The molecule has 1 aromatic rings. The SMILES string of the molecule is CCc1c(OCOC)cc(C)c(C(=O)O)c1OCOC. The van der Waals surface area contributed by atoms with Crippen LogP contribution in [0.2, 0.25) is 0 Å². The predicted molar refractivity (Wildman–Crippen MR) is 72.5 cm³/mol. The maximum absolute atomic E-state index is 11.4. The Balaban J connectivity index is 3.36. The first-order valence-electron chi connectivity index (χ1n) is 6.20. The molecular weight excluding hydrogens is 264 g/mol. The summed E-state index contributed by atoms with van der Waals surface area (Å²) in [4.78, 5) is 11.4. The second kappa shape index (κ2) is 7.72. The lowest BCUT2D eigenvalue weighted by atomic mass is 10.00. The summed E-state index contributed by atoms with van der Waals surface area (Å²) in [5, 5.41) is 9.35. The van der Waals surface area contributed by atoms with Crippen LogP contribution in [0.5, 0.6) is 11.5 Å². The highest BCUT2D eigenvalue weighted by Crippen LogP contribution is 2.35. The second-order valence-corrected chi connectivity index (χ2v) is 4.13. The molecule has 20 heavy (non-hydrogen) atoms. The topological polar surface area (TPSA) is 74.2 Å². The second-order valence-electron chi connectivity index (χ2n) is 4.13. The van der Waals surface area contributed by atoms with Crippen molar-refractivity contribution < 1.29 is 28.8 Å². The van der Waals surface area contributed by atoms with E-state index in [1.54, 1.807) is 13.0 Å². The fourth-order valence-electron chi connectivity index (χ4n) is 1.93. The van der Waals surface area contributed by atoms with Crippen LogP contribution in [-0.4, -0.2) is 38.9 Å². The lowest BCUT2D eigenvalue weighted by Crippen LogP contribution is -2.12. The van der Waals surface area contributed by atoms with Crippen molar-refractivity contribution in [2.75, 3.05) is 27.8 Å². The molecule has 1 rings (SSSR count). The van der Waals surface area contributed by atoms with Crippen molar-refractivity contribution in [3.8, 4) is 11.5 Å². The highest BCUT2D eigenvalue weighted by atomic mass is 16.7.